The van der Waals surface area contributed by atoms with E-state index in [1.807, 2.05) is 40.4 Å². The Morgan fingerprint density at radius 3 is 2.57 bits per heavy atom. The van der Waals surface area contributed by atoms with Gasteiger partial charge in [0.2, 0.25) is 0 Å². The zero-order chi connectivity index (χ0) is 20.8. The van der Waals surface area contributed by atoms with Crippen LogP contribution in [0.15, 0.2) is 36.0 Å². The first-order chi connectivity index (χ1) is 14.5. The molecule has 1 aromatic carbocycles. The number of benzene rings is 1. The minimum absolute atomic E-state index is 0.0285. The quantitative estimate of drug-likeness (QED) is 0.484. The molecule has 156 valence electrons. The molecule has 4 heterocycles. The van der Waals surface area contributed by atoms with E-state index in [-0.39, 0.29) is 11.8 Å². The summed E-state index contributed by atoms with van der Waals surface area (Å²) >= 11 is 3.72. The maximum Gasteiger partial charge on any atom is 0.282 e. The Hall–Kier alpha value is -1.98. The minimum Gasteiger partial charge on any atom is -0.349 e. The second kappa shape index (κ2) is 7.93. The fraction of sp³-hybridized carbons (Fsp3) is 0.381. The Kier molecular flexibility index (Phi) is 5.28. The molecule has 0 N–H and O–H groups in total. The fourth-order valence-corrected chi connectivity index (χ4v) is 5.73. The molecule has 2 saturated heterocycles. The number of piperazine rings is 1. The predicted molar refractivity (Wildman–Crippen MR) is 125 cm³/mol. The molecule has 2 fully saturated rings. The highest BCUT2D eigenvalue weighted by Gasteiger charge is 2.37. The lowest BCUT2D eigenvalue weighted by atomic mass is 10.0. The first kappa shape index (κ1) is 20.0. The summed E-state index contributed by atoms with van der Waals surface area (Å²) < 4.78 is 3.26. The van der Waals surface area contributed by atoms with Crippen LogP contribution >= 0.6 is 33.9 Å². The number of aryl methyl sites for hydroxylation is 1. The number of thiazole rings is 1. The first-order valence-corrected chi connectivity index (χ1v) is 11.9. The standard InChI is InChI=1S/C21H22IN5O2S/c1-24-13-17(22)16-3-2-14(10-18(16)24)20(28)27-11-15(12-27)25-5-7-26(8-6-25)21(29)19-23-4-9-30-19/h2-4,9-10,13,15H,5-8,11-12H2,1H3. The van der Waals surface area contributed by atoms with Gasteiger partial charge in [0.1, 0.15) is 0 Å². The zero-order valence-electron chi connectivity index (χ0n) is 16.6. The molecule has 3 aromatic rings. The van der Waals surface area contributed by atoms with Crippen molar-refractivity contribution in [1.82, 2.24) is 24.3 Å². The van der Waals surface area contributed by atoms with Crippen molar-refractivity contribution in [3.63, 3.8) is 0 Å². The number of likely N-dealkylation sites (tertiary alicyclic amines) is 1. The van der Waals surface area contributed by atoms with Gasteiger partial charge in [-0.05, 0) is 34.7 Å². The molecule has 2 aliphatic rings. The van der Waals surface area contributed by atoms with Gasteiger partial charge in [0.25, 0.3) is 11.8 Å². The van der Waals surface area contributed by atoms with Crippen LogP contribution in [-0.2, 0) is 7.05 Å². The number of carbonyl (C=O) groups is 2. The summed E-state index contributed by atoms with van der Waals surface area (Å²) in [6.07, 6.45) is 3.75. The van der Waals surface area contributed by atoms with Crippen molar-refractivity contribution in [1.29, 1.82) is 0 Å². The van der Waals surface area contributed by atoms with Gasteiger partial charge in [0, 0.05) is 90.2 Å². The Bertz CT molecular complexity index is 1100. The molecule has 2 aliphatic heterocycles. The normalized spacial score (nSPS) is 18.1. The van der Waals surface area contributed by atoms with E-state index >= 15 is 0 Å². The van der Waals surface area contributed by atoms with E-state index < -0.39 is 0 Å². The molecule has 5 rings (SSSR count). The Labute approximate surface area is 192 Å². The molecule has 9 heteroatoms. The van der Waals surface area contributed by atoms with Crippen LogP contribution in [0.2, 0.25) is 0 Å². The van der Waals surface area contributed by atoms with E-state index in [2.05, 4.69) is 43.2 Å². The van der Waals surface area contributed by atoms with E-state index in [0.29, 0.717) is 24.1 Å². The summed E-state index contributed by atoms with van der Waals surface area (Å²) in [4.78, 5) is 35.7. The predicted octanol–water partition coefficient (Wildman–Crippen LogP) is 2.52. The molecular weight excluding hydrogens is 513 g/mol. The lowest BCUT2D eigenvalue weighted by Crippen LogP contribution is -2.64. The number of hydrogen-bond acceptors (Lipinski definition) is 5. The van der Waals surface area contributed by atoms with Gasteiger partial charge >= 0.3 is 0 Å². The summed E-state index contributed by atoms with van der Waals surface area (Å²) in [6, 6.07) is 6.35. The summed E-state index contributed by atoms with van der Waals surface area (Å²) in [7, 11) is 2.01. The van der Waals surface area contributed by atoms with Crippen molar-refractivity contribution >= 4 is 56.6 Å². The van der Waals surface area contributed by atoms with Crippen LogP contribution in [0.25, 0.3) is 10.9 Å². The van der Waals surface area contributed by atoms with Gasteiger partial charge in [-0.2, -0.15) is 0 Å². The Balaban J connectivity index is 1.16. The van der Waals surface area contributed by atoms with Gasteiger partial charge in [-0.1, -0.05) is 6.07 Å². The number of nitrogens with zero attached hydrogens (tertiary/aromatic N) is 5. The van der Waals surface area contributed by atoms with Crippen LogP contribution in [0.5, 0.6) is 0 Å². The second-order valence-corrected chi connectivity index (χ2v) is 9.91. The lowest BCUT2D eigenvalue weighted by Gasteiger charge is -2.48. The number of fused-ring (bicyclic) bond motifs is 1. The lowest BCUT2D eigenvalue weighted by molar-refractivity contribution is 0.00854. The molecule has 0 bridgehead atoms. The van der Waals surface area contributed by atoms with Gasteiger partial charge in [-0.25, -0.2) is 4.98 Å². The molecule has 0 spiro atoms. The molecule has 0 saturated carbocycles. The molecule has 2 amide bonds. The van der Waals surface area contributed by atoms with Crippen LogP contribution in [-0.4, -0.2) is 81.4 Å². The molecule has 2 aromatic heterocycles. The van der Waals surface area contributed by atoms with Crippen molar-refractivity contribution in [2.45, 2.75) is 6.04 Å². The van der Waals surface area contributed by atoms with Gasteiger partial charge in [0.15, 0.2) is 5.01 Å². The number of aromatic nitrogens is 2. The molecule has 0 radical (unpaired) electrons. The number of carbonyl (C=O) groups excluding carboxylic acids is 2. The second-order valence-electron chi connectivity index (χ2n) is 7.85. The molecule has 0 aliphatic carbocycles. The number of hydrogen-bond donors (Lipinski definition) is 0. The Morgan fingerprint density at radius 2 is 1.87 bits per heavy atom. The van der Waals surface area contributed by atoms with Crippen molar-refractivity contribution < 1.29 is 9.59 Å². The highest BCUT2D eigenvalue weighted by atomic mass is 127. The third-order valence-corrected chi connectivity index (χ3v) is 7.69. The molecule has 30 heavy (non-hydrogen) atoms. The summed E-state index contributed by atoms with van der Waals surface area (Å²) in [5.41, 5.74) is 1.83. The Morgan fingerprint density at radius 1 is 1.10 bits per heavy atom. The summed E-state index contributed by atoms with van der Waals surface area (Å²) in [5, 5.41) is 3.58. The average molecular weight is 535 g/mol. The van der Waals surface area contributed by atoms with Gasteiger partial charge in [-0.15, -0.1) is 11.3 Å². The molecular formula is C21H22IN5O2S. The minimum atomic E-state index is 0.0285. The third kappa shape index (κ3) is 3.52. The van der Waals surface area contributed by atoms with Crippen LogP contribution in [0.3, 0.4) is 0 Å². The van der Waals surface area contributed by atoms with E-state index in [1.54, 1.807) is 6.20 Å². The van der Waals surface area contributed by atoms with Gasteiger partial charge < -0.3 is 14.4 Å². The molecule has 7 nitrogen and oxygen atoms in total. The van der Waals surface area contributed by atoms with Crippen molar-refractivity contribution in [2.24, 2.45) is 7.05 Å². The fourth-order valence-electron chi connectivity index (χ4n) is 4.26. The number of halogens is 1. The van der Waals surface area contributed by atoms with E-state index in [0.717, 1.165) is 37.3 Å². The van der Waals surface area contributed by atoms with E-state index in [1.165, 1.54) is 20.3 Å². The summed E-state index contributed by atoms with van der Waals surface area (Å²) in [6.45, 7) is 4.62. The first-order valence-electron chi connectivity index (χ1n) is 9.98. The van der Waals surface area contributed by atoms with Crippen molar-refractivity contribution in [3.8, 4) is 0 Å². The zero-order valence-corrected chi connectivity index (χ0v) is 19.6. The van der Waals surface area contributed by atoms with Gasteiger partial charge in [-0.3, -0.25) is 14.5 Å². The molecule has 0 atom stereocenters. The van der Waals surface area contributed by atoms with Crippen molar-refractivity contribution in [3.05, 3.63) is 50.1 Å². The smallest absolute Gasteiger partial charge is 0.282 e. The van der Waals surface area contributed by atoms with Crippen LogP contribution < -0.4 is 0 Å². The number of rotatable bonds is 3. The SMILES string of the molecule is Cn1cc(I)c2ccc(C(=O)N3CC(N4CCN(C(=O)c5nccs5)CC4)C3)cc21. The van der Waals surface area contributed by atoms with E-state index in [4.69, 9.17) is 0 Å². The topological polar surface area (TPSA) is 61.7 Å². The maximum absolute atomic E-state index is 12.9. The maximum atomic E-state index is 12.9. The average Bonchev–Trinajstić information content (AvgIpc) is 3.35. The van der Waals surface area contributed by atoms with Gasteiger partial charge in [0.05, 0.1) is 0 Å². The largest absolute Gasteiger partial charge is 0.349 e. The highest BCUT2D eigenvalue weighted by Crippen LogP contribution is 2.26. The van der Waals surface area contributed by atoms with E-state index in [9.17, 15) is 9.59 Å². The van der Waals surface area contributed by atoms with Crippen LogP contribution in [0.4, 0.5) is 0 Å². The molecule has 0 unspecified atom stereocenters. The summed E-state index contributed by atoms with van der Waals surface area (Å²) in [5.74, 6) is 0.128. The van der Waals surface area contributed by atoms with Crippen molar-refractivity contribution in [2.75, 3.05) is 39.3 Å². The number of amides is 2. The van der Waals surface area contributed by atoms with Crippen LogP contribution in [0, 0.1) is 3.57 Å². The third-order valence-electron chi connectivity index (χ3n) is 6.07. The monoisotopic (exact) mass is 535 g/mol. The highest BCUT2D eigenvalue weighted by molar-refractivity contribution is 14.1. The van der Waals surface area contributed by atoms with Crippen LogP contribution in [0.1, 0.15) is 20.2 Å².